The van der Waals surface area contributed by atoms with Gasteiger partial charge in [-0.2, -0.15) is 0 Å². The predicted molar refractivity (Wildman–Crippen MR) is 97.9 cm³/mol. The summed E-state index contributed by atoms with van der Waals surface area (Å²) in [5.74, 6) is 1.82. The van der Waals surface area contributed by atoms with E-state index in [2.05, 4.69) is 26.1 Å². The van der Waals surface area contributed by atoms with Gasteiger partial charge in [0.25, 0.3) is 5.91 Å². The molecular weight excluding hydrogens is 314 g/mol. The van der Waals surface area contributed by atoms with Gasteiger partial charge in [0.15, 0.2) is 6.61 Å². The monoisotopic (exact) mass is 349 g/mol. The molecule has 0 aromatic carbocycles. The lowest BCUT2D eigenvalue weighted by Crippen LogP contribution is -2.51. The molecule has 0 spiro atoms. The largest absolute Gasteiger partial charge is 0.455 e. The number of hydrogen-bond acceptors (Lipinski definition) is 3. The summed E-state index contributed by atoms with van der Waals surface area (Å²) in [6.45, 7) is 10.4. The van der Waals surface area contributed by atoms with Crippen molar-refractivity contribution in [2.24, 2.45) is 28.6 Å². The van der Waals surface area contributed by atoms with E-state index in [0.29, 0.717) is 17.8 Å². The number of hydrogen-bond donors (Lipinski definition) is 1. The van der Waals surface area contributed by atoms with Crippen LogP contribution >= 0.6 is 0 Å². The first kappa shape index (κ1) is 18.7. The van der Waals surface area contributed by atoms with E-state index in [0.717, 1.165) is 25.7 Å². The van der Waals surface area contributed by atoms with E-state index in [1.54, 1.807) is 0 Å². The average molecular weight is 350 g/mol. The van der Waals surface area contributed by atoms with Crippen LogP contribution in [0, 0.1) is 28.6 Å². The van der Waals surface area contributed by atoms with Crippen LogP contribution in [0.5, 0.6) is 0 Å². The summed E-state index contributed by atoms with van der Waals surface area (Å²) in [4.78, 5) is 25.1. The van der Waals surface area contributed by atoms with Gasteiger partial charge in [-0.25, -0.2) is 0 Å². The molecule has 4 nitrogen and oxygen atoms in total. The van der Waals surface area contributed by atoms with Crippen molar-refractivity contribution in [3.05, 3.63) is 0 Å². The van der Waals surface area contributed by atoms with E-state index in [4.69, 9.17) is 4.74 Å². The Hall–Kier alpha value is -1.06. The van der Waals surface area contributed by atoms with Gasteiger partial charge in [0.05, 0.1) is 5.41 Å². The highest BCUT2D eigenvalue weighted by molar-refractivity contribution is 5.83. The Balaban J connectivity index is 1.52. The molecule has 0 unspecified atom stereocenters. The Bertz CT molecular complexity index is 509. The zero-order chi connectivity index (χ0) is 18.5. The first-order chi connectivity index (χ1) is 11.5. The second kappa shape index (κ2) is 6.28. The number of esters is 1. The molecule has 0 aromatic rings. The van der Waals surface area contributed by atoms with Gasteiger partial charge in [-0.3, -0.25) is 9.59 Å². The molecule has 25 heavy (non-hydrogen) atoms. The Kier molecular flexibility index (Phi) is 4.70. The highest BCUT2D eigenvalue weighted by Gasteiger charge is 2.55. The van der Waals surface area contributed by atoms with Gasteiger partial charge in [-0.15, -0.1) is 0 Å². The van der Waals surface area contributed by atoms with Crippen LogP contribution in [0.3, 0.4) is 0 Å². The van der Waals surface area contributed by atoms with E-state index in [-0.39, 0.29) is 34.9 Å². The lowest BCUT2D eigenvalue weighted by atomic mass is 9.49. The molecule has 0 radical (unpaired) electrons. The average Bonchev–Trinajstić information content (AvgIpc) is 2.39. The molecule has 1 amide bonds. The number of rotatable bonds is 5. The fraction of sp³-hybridized carbons (Fsp3) is 0.905. The minimum Gasteiger partial charge on any atom is -0.455 e. The Labute approximate surface area is 152 Å². The summed E-state index contributed by atoms with van der Waals surface area (Å²) in [5.41, 5.74) is -0.453. The van der Waals surface area contributed by atoms with Crippen LogP contribution in [-0.2, 0) is 14.3 Å². The third kappa shape index (κ3) is 4.38. The lowest BCUT2D eigenvalue weighted by molar-refractivity contribution is -0.173. The van der Waals surface area contributed by atoms with Gasteiger partial charge < -0.3 is 10.1 Å². The van der Waals surface area contributed by atoms with Gasteiger partial charge >= 0.3 is 5.97 Å². The van der Waals surface area contributed by atoms with E-state index in [9.17, 15) is 9.59 Å². The molecule has 4 saturated carbocycles. The molecule has 4 aliphatic carbocycles. The second-order valence-electron chi connectivity index (χ2n) is 10.9. The molecule has 0 aliphatic heterocycles. The molecule has 4 bridgehead atoms. The van der Waals surface area contributed by atoms with E-state index in [1.165, 1.54) is 19.3 Å². The molecule has 0 atom stereocenters. The van der Waals surface area contributed by atoms with E-state index >= 15 is 0 Å². The van der Waals surface area contributed by atoms with E-state index < -0.39 is 0 Å². The summed E-state index contributed by atoms with van der Waals surface area (Å²) in [6, 6.07) is 0. The fourth-order valence-electron chi connectivity index (χ4n) is 6.43. The van der Waals surface area contributed by atoms with Crippen molar-refractivity contribution in [2.75, 3.05) is 6.61 Å². The predicted octanol–water partition coefficient (Wildman–Crippen LogP) is 4.08. The molecule has 4 fully saturated rings. The third-order valence-electron chi connectivity index (χ3n) is 6.26. The Morgan fingerprint density at radius 1 is 0.960 bits per heavy atom. The maximum absolute atomic E-state index is 12.8. The van der Waals surface area contributed by atoms with Gasteiger partial charge in [0, 0.05) is 5.54 Å². The SMILES string of the molecule is CC(C)(C)CC(C)(C)NC(=O)COC(=O)C12CC3CC(CC(C3)C1)C2. The van der Waals surface area contributed by atoms with Crippen LogP contribution in [0.4, 0.5) is 0 Å². The van der Waals surface area contributed by atoms with Crippen molar-refractivity contribution in [3.8, 4) is 0 Å². The second-order valence-corrected chi connectivity index (χ2v) is 10.9. The smallest absolute Gasteiger partial charge is 0.312 e. The van der Waals surface area contributed by atoms with E-state index in [1.807, 2.05) is 13.8 Å². The molecule has 0 heterocycles. The van der Waals surface area contributed by atoms with Crippen molar-refractivity contribution >= 4 is 11.9 Å². The van der Waals surface area contributed by atoms with Crippen LogP contribution < -0.4 is 5.32 Å². The quantitative estimate of drug-likeness (QED) is 0.761. The fourth-order valence-corrected chi connectivity index (χ4v) is 6.43. The summed E-state index contributed by atoms with van der Waals surface area (Å²) < 4.78 is 5.51. The minimum absolute atomic E-state index is 0.115. The van der Waals surface area contributed by atoms with Crippen LogP contribution in [0.1, 0.15) is 79.6 Å². The van der Waals surface area contributed by atoms with Crippen molar-refractivity contribution in [1.82, 2.24) is 5.32 Å². The molecule has 142 valence electrons. The first-order valence-corrected chi connectivity index (χ1v) is 9.95. The molecule has 4 heteroatoms. The van der Waals surface area contributed by atoms with Crippen molar-refractivity contribution in [2.45, 2.75) is 85.1 Å². The number of ether oxygens (including phenoxy) is 1. The van der Waals surface area contributed by atoms with Crippen molar-refractivity contribution in [1.29, 1.82) is 0 Å². The molecule has 4 rings (SSSR count). The number of nitrogens with one attached hydrogen (secondary N) is 1. The van der Waals surface area contributed by atoms with Crippen LogP contribution in [0.15, 0.2) is 0 Å². The summed E-state index contributed by atoms with van der Waals surface area (Å²) in [6.07, 6.45) is 7.71. The van der Waals surface area contributed by atoms with Crippen LogP contribution in [0.2, 0.25) is 0 Å². The van der Waals surface area contributed by atoms with Gasteiger partial charge in [0.2, 0.25) is 0 Å². The molecule has 1 N–H and O–H groups in total. The third-order valence-corrected chi connectivity index (χ3v) is 6.26. The number of carbonyl (C=O) groups is 2. The Morgan fingerprint density at radius 2 is 1.44 bits per heavy atom. The van der Waals surface area contributed by atoms with Gasteiger partial charge in [-0.1, -0.05) is 20.8 Å². The highest BCUT2D eigenvalue weighted by Crippen LogP contribution is 2.60. The topological polar surface area (TPSA) is 55.4 Å². The number of amides is 1. The standard InChI is InChI=1S/C21H35NO3/c1-19(2,3)13-20(4,5)22-17(23)12-25-18(24)21-9-14-6-15(10-21)8-16(7-14)11-21/h14-16H,6-13H2,1-5H3,(H,22,23). The highest BCUT2D eigenvalue weighted by atomic mass is 16.5. The zero-order valence-corrected chi connectivity index (χ0v) is 16.6. The summed E-state index contributed by atoms with van der Waals surface area (Å²) >= 11 is 0. The van der Waals surface area contributed by atoms with Gasteiger partial charge in [-0.05, 0) is 82.0 Å². The molecule has 0 aromatic heterocycles. The van der Waals surface area contributed by atoms with Gasteiger partial charge in [0.1, 0.15) is 0 Å². The molecular formula is C21H35NO3. The minimum atomic E-state index is -0.303. The maximum Gasteiger partial charge on any atom is 0.312 e. The summed E-state index contributed by atoms with van der Waals surface area (Å²) in [7, 11) is 0. The Morgan fingerprint density at radius 3 is 1.88 bits per heavy atom. The molecule has 0 saturated heterocycles. The summed E-state index contributed by atoms with van der Waals surface area (Å²) in [5, 5.41) is 3.03. The zero-order valence-electron chi connectivity index (χ0n) is 16.6. The normalized spacial score (nSPS) is 34.0. The van der Waals surface area contributed by atoms with Crippen LogP contribution in [0.25, 0.3) is 0 Å². The first-order valence-electron chi connectivity index (χ1n) is 9.95. The maximum atomic E-state index is 12.8. The van der Waals surface area contributed by atoms with Crippen LogP contribution in [-0.4, -0.2) is 24.0 Å². The van der Waals surface area contributed by atoms with Crippen molar-refractivity contribution in [3.63, 3.8) is 0 Å². The van der Waals surface area contributed by atoms with Crippen molar-refractivity contribution < 1.29 is 14.3 Å². The lowest BCUT2D eigenvalue weighted by Gasteiger charge is -2.55. The molecule has 4 aliphatic rings. The number of carbonyl (C=O) groups excluding carboxylic acids is 2.